The number of carbonyl (C=O) groups is 1. The van der Waals surface area contributed by atoms with Crippen molar-refractivity contribution in [1.29, 1.82) is 0 Å². The summed E-state index contributed by atoms with van der Waals surface area (Å²) in [5.41, 5.74) is 0.721. The Morgan fingerprint density at radius 1 is 1.38 bits per heavy atom. The zero-order chi connectivity index (χ0) is 15.6. The summed E-state index contributed by atoms with van der Waals surface area (Å²) in [7, 11) is 1.72. The molecule has 1 heterocycles. The number of carbonyl (C=O) groups excluding carboxylic acids is 1. The number of hydrogen-bond donors (Lipinski definition) is 1. The quantitative estimate of drug-likeness (QED) is 0.686. The zero-order valence-corrected chi connectivity index (χ0v) is 12.6. The van der Waals surface area contributed by atoms with Crippen LogP contribution < -0.4 is 5.32 Å². The van der Waals surface area contributed by atoms with Gasteiger partial charge in [0.2, 0.25) is 0 Å². The maximum atomic E-state index is 12.7. The lowest BCUT2D eigenvalue weighted by Gasteiger charge is -2.36. The van der Waals surface area contributed by atoms with E-state index in [1.54, 1.807) is 24.1 Å². The van der Waals surface area contributed by atoms with Crippen molar-refractivity contribution < 1.29 is 9.72 Å². The average molecular weight is 291 g/mol. The van der Waals surface area contributed by atoms with E-state index in [0.29, 0.717) is 18.2 Å². The van der Waals surface area contributed by atoms with Crippen LogP contribution in [0.3, 0.4) is 0 Å². The number of piperidine rings is 1. The molecular formula is C15H21N3O3. The summed E-state index contributed by atoms with van der Waals surface area (Å²) in [5.74, 6) is 0.175. The molecule has 1 aliphatic rings. The Bertz CT molecular complexity index is 559. The molecule has 114 valence electrons. The number of nitrogens with one attached hydrogen (secondary N) is 1. The summed E-state index contributed by atoms with van der Waals surface area (Å²) in [6, 6.07) is 4.67. The second-order valence-electron chi connectivity index (χ2n) is 5.73. The number of nitrogens with zero attached hydrogens (tertiary/aromatic N) is 2. The Labute approximate surface area is 124 Å². The van der Waals surface area contributed by atoms with E-state index in [4.69, 9.17) is 0 Å². The summed E-state index contributed by atoms with van der Waals surface area (Å²) >= 11 is 0. The lowest BCUT2D eigenvalue weighted by molar-refractivity contribution is -0.385. The largest absolute Gasteiger partial charge is 0.388 e. The number of likely N-dealkylation sites (tertiary alicyclic amines) is 1. The zero-order valence-electron chi connectivity index (χ0n) is 12.6. The predicted molar refractivity (Wildman–Crippen MR) is 81.5 cm³/mol. The molecule has 0 radical (unpaired) electrons. The van der Waals surface area contributed by atoms with Crippen LogP contribution in [0.15, 0.2) is 18.2 Å². The number of rotatable bonds is 3. The molecule has 2 unspecified atom stereocenters. The van der Waals surface area contributed by atoms with Crippen molar-refractivity contribution in [2.75, 3.05) is 18.9 Å². The van der Waals surface area contributed by atoms with Crippen LogP contribution in [0.2, 0.25) is 0 Å². The van der Waals surface area contributed by atoms with E-state index in [9.17, 15) is 14.9 Å². The van der Waals surface area contributed by atoms with Gasteiger partial charge in [-0.25, -0.2) is 0 Å². The van der Waals surface area contributed by atoms with Gasteiger partial charge in [0.15, 0.2) is 0 Å². The van der Waals surface area contributed by atoms with Gasteiger partial charge >= 0.3 is 0 Å². The molecule has 1 saturated heterocycles. The van der Waals surface area contributed by atoms with E-state index in [-0.39, 0.29) is 23.2 Å². The minimum atomic E-state index is -0.495. The lowest BCUT2D eigenvalue weighted by atomic mass is 9.94. The Balaban J connectivity index is 2.39. The van der Waals surface area contributed by atoms with E-state index in [0.717, 1.165) is 12.8 Å². The van der Waals surface area contributed by atoms with Gasteiger partial charge in [-0.05, 0) is 37.8 Å². The Morgan fingerprint density at radius 2 is 2.10 bits per heavy atom. The molecule has 1 aromatic carbocycles. The second-order valence-corrected chi connectivity index (χ2v) is 5.73. The van der Waals surface area contributed by atoms with Gasteiger partial charge in [-0.15, -0.1) is 0 Å². The number of amides is 1. The van der Waals surface area contributed by atoms with Crippen LogP contribution in [-0.2, 0) is 0 Å². The highest BCUT2D eigenvalue weighted by molar-refractivity contribution is 5.99. The number of nitro benzene ring substituents is 1. The SMILES string of the molecule is CNc1ccc([N+](=O)[O-])c(C(=O)N2CC(C)CCC2C)c1. The molecule has 0 aliphatic carbocycles. The maximum absolute atomic E-state index is 12.7. The van der Waals surface area contributed by atoms with E-state index in [1.165, 1.54) is 6.07 Å². The molecule has 1 fully saturated rings. The van der Waals surface area contributed by atoms with Gasteiger partial charge < -0.3 is 10.2 Å². The van der Waals surface area contributed by atoms with Gasteiger partial charge in [0, 0.05) is 31.4 Å². The van der Waals surface area contributed by atoms with E-state index in [2.05, 4.69) is 12.2 Å². The van der Waals surface area contributed by atoms with Crippen molar-refractivity contribution >= 4 is 17.3 Å². The standard InChI is InChI=1S/C15H21N3O3/c1-10-4-5-11(2)17(9-10)15(19)13-8-12(16-3)6-7-14(13)18(20)21/h6-8,10-11,16H,4-5,9H2,1-3H3. The maximum Gasteiger partial charge on any atom is 0.282 e. The number of hydrogen-bond acceptors (Lipinski definition) is 4. The smallest absolute Gasteiger partial charge is 0.282 e. The van der Waals surface area contributed by atoms with Gasteiger partial charge in [0.1, 0.15) is 5.56 Å². The molecule has 1 aromatic rings. The summed E-state index contributed by atoms with van der Waals surface area (Å²) < 4.78 is 0. The third kappa shape index (κ3) is 3.15. The molecule has 2 atom stereocenters. The van der Waals surface area contributed by atoms with Crippen molar-refractivity contribution in [1.82, 2.24) is 4.90 Å². The molecule has 0 spiro atoms. The van der Waals surface area contributed by atoms with E-state index >= 15 is 0 Å². The monoisotopic (exact) mass is 291 g/mol. The molecule has 2 rings (SSSR count). The van der Waals surface area contributed by atoms with E-state index in [1.807, 2.05) is 6.92 Å². The molecule has 0 saturated carbocycles. The van der Waals surface area contributed by atoms with Crippen molar-refractivity contribution in [2.24, 2.45) is 5.92 Å². The summed E-state index contributed by atoms with van der Waals surface area (Å²) in [4.78, 5) is 25.2. The molecular weight excluding hydrogens is 270 g/mol. The fourth-order valence-electron chi connectivity index (χ4n) is 2.75. The predicted octanol–water partition coefficient (Wildman–Crippen LogP) is 2.90. The third-order valence-corrected chi connectivity index (χ3v) is 4.09. The Morgan fingerprint density at radius 3 is 2.71 bits per heavy atom. The normalized spacial score (nSPS) is 22.0. The number of nitro groups is 1. The van der Waals surface area contributed by atoms with Crippen molar-refractivity contribution in [3.05, 3.63) is 33.9 Å². The minimum absolute atomic E-state index is 0.117. The first-order valence-electron chi connectivity index (χ1n) is 7.21. The fourth-order valence-corrected chi connectivity index (χ4v) is 2.75. The highest BCUT2D eigenvalue weighted by Crippen LogP contribution is 2.28. The van der Waals surface area contributed by atoms with Gasteiger partial charge in [-0.3, -0.25) is 14.9 Å². The van der Waals surface area contributed by atoms with Crippen molar-refractivity contribution in [2.45, 2.75) is 32.7 Å². The number of anilines is 1. The topological polar surface area (TPSA) is 75.5 Å². The first-order chi connectivity index (χ1) is 9.93. The molecule has 6 heteroatoms. The number of benzene rings is 1. The van der Waals surface area contributed by atoms with Crippen LogP contribution in [0.25, 0.3) is 0 Å². The second kappa shape index (κ2) is 6.11. The van der Waals surface area contributed by atoms with Crippen LogP contribution in [0.4, 0.5) is 11.4 Å². The highest BCUT2D eigenvalue weighted by Gasteiger charge is 2.31. The third-order valence-electron chi connectivity index (χ3n) is 4.09. The molecule has 1 aliphatic heterocycles. The fraction of sp³-hybridized carbons (Fsp3) is 0.533. The van der Waals surface area contributed by atoms with Gasteiger partial charge in [-0.1, -0.05) is 6.92 Å². The van der Waals surface area contributed by atoms with Gasteiger partial charge in [-0.2, -0.15) is 0 Å². The molecule has 6 nitrogen and oxygen atoms in total. The molecule has 1 N–H and O–H groups in total. The van der Waals surface area contributed by atoms with Crippen LogP contribution in [0, 0.1) is 16.0 Å². The summed E-state index contributed by atoms with van der Waals surface area (Å²) in [6.45, 7) is 4.75. The molecule has 0 bridgehead atoms. The average Bonchev–Trinajstić information content (AvgIpc) is 2.48. The van der Waals surface area contributed by atoms with Crippen LogP contribution in [0.5, 0.6) is 0 Å². The Kier molecular flexibility index (Phi) is 4.45. The van der Waals surface area contributed by atoms with Crippen molar-refractivity contribution in [3.8, 4) is 0 Å². The van der Waals surface area contributed by atoms with Crippen LogP contribution in [-0.4, -0.2) is 35.4 Å². The highest BCUT2D eigenvalue weighted by atomic mass is 16.6. The van der Waals surface area contributed by atoms with Gasteiger partial charge in [0.25, 0.3) is 11.6 Å². The lowest BCUT2D eigenvalue weighted by Crippen LogP contribution is -2.45. The summed E-state index contributed by atoms with van der Waals surface area (Å²) in [6.07, 6.45) is 2.02. The van der Waals surface area contributed by atoms with Gasteiger partial charge in [0.05, 0.1) is 4.92 Å². The Hall–Kier alpha value is -2.11. The molecule has 1 amide bonds. The molecule has 0 aromatic heterocycles. The van der Waals surface area contributed by atoms with Crippen LogP contribution >= 0.6 is 0 Å². The molecule has 21 heavy (non-hydrogen) atoms. The minimum Gasteiger partial charge on any atom is -0.388 e. The van der Waals surface area contributed by atoms with E-state index < -0.39 is 4.92 Å². The first-order valence-corrected chi connectivity index (χ1v) is 7.21. The summed E-state index contributed by atoms with van der Waals surface area (Å²) in [5, 5.41) is 14.1. The van der Waals surface area contributed by atoms with Crippen molar-refractivity contribution in [3.63, 3.8) is 0 Å². The van der Waals surface area contributed by atoms with Crippen LogP contribution in [0.1, 0.15) is 37.0 Å². The first kappa shape index (κ1) is 15.3.